The van der Waals surface area contributed by atoms with E-state index in [1.54, 1.807) is 6.34 Å². The minimum atomic E-state index is -0.453. The number of aryl methyl sites for hydroxylation is 2. The largest absolute Gasteiger partial charge is 0.457 e. The van der Waals surface area contributed by atoms with Crippen molar-refractivity contribution in [2.24, 2.45) is 4.99 Å². The molecule has 28 heavy (non-hydrogen) atoms. The molecule has 1 aliphatic heterocycles. The predicted molar refractivity (Wildman–Crippen MR) is 126 cm³/mol. The molecule has 0 spiro atoms. The Morgan fingerprint density at radius 2 is 2.11 bits per heavy atom. The van der Waals surface area contributed by atoms with Crippen molar-refractivity contribution in [3.8, 4) is 11.5 Å². The number of morpholine rings is 1. The Bertz CT molecular complexity index is 890. The van der Waals surface area contributed by atoms with Crippen LogP contribution in [0.2, 0.25) is 0 Å². The van der Waals surface area contributed by atoms with E-state index in [0.717, 1.165) is 49.4 Å². The smallest absolute Gasteiger partial charge is 0.149 e. The van der Waals surface area contributed by atoms with Crippen LogP contribution in [0, 0.1) is 17.4 Å². The monoisotopic (exact) mass is 557 g/mol. The normalized spacial score (nSPS) is 22.4. The van der Waals surface area contributed by atoms with Gasteiger partial charge in [0.1, 0.15) is 17.2 Å². The maximum absolute atomic E-state index is 6.08. The first-order valence-electron chi connectivity index (χ1n) is 9.19. The zero-order chi connectivity index (χ0) is 20.3. The number of halogens is 2. The van der Waals surface area contributed by atoms with Gasteiger partial charge < -0.3 is 20.1 Å². The molecule has 2 aromatic carbocycles. The van der Waals surface area contributed by atoms with Crippen molar-refractivity contribution in [2.75, 3.05) is 13.1 Å². The van der Waals surface area contributed by atoms with Gasteiger partial charge in [-0.1, -0.05) is 0 Å². The Hall–Kier alpha value is -1.16. The van der Waals surface area contributed by atoms with E-state index in [0.29, 0.717) is 0 Å². The van der Waals surface area contributed by atoms with Crippen LogP contribution in [0.1, 0.15) is 25.0 Å². The molecular weight excluding hydrogens is 533 g/mol. The third-order valence-corrected chi connectivity index (χ3v) is 6.88. The first-order chi connectivity index (χ1) is 13.3. The maximum atomic E-state index is 6.08. The Labute approximate surface area is 188 Å². The highest BCUT2D eigenvalue weighted by Gasteiger charge is 2.29. The van der Waals surface area contributed by atoms with Gasteiger partial charge in [0.25, 0.3) is 0 Å². The van der Waals surface area contributed by atoms with Gasteiger partial charge in [-0.2, -0.15) is 0 Å². The molecule has 3 rings (SSSR count). The zero-order valence-corrected chi connectivity index (χ0v) is 20.2. The van der Waals surface area contributed by atoms with E-state index in [1.807, 2.05) is 51.1 Å². The summed E-state index contributed by atoms with van der Waals surface area (Å²) in [4.78, 5) is 4.60. The number of hydrogen-bond acceptors (Lipinski definition) is 4. The van der Waals surface area contributed by atoms with E-state index in [-0.39, 0.29) is 6.10 Å². The maximum Gasteiger partial charge on any atom is 0.149 e. The van der Waals surface area contributed by atoms with Crippen LogP contribution < -0.4 is 15.4 Å². The summed E-state index contributed by atoms with van der Waals surface area (Å²) < 4.78 is 14.2. The van der Waals surface area contributed by atoms with Gasteiger partial charge in [-0.15, -0.1) is 0 Å². The number of nitrogens with one attached hydrogen (secondary N) is 2. The second kappa shape index (κ2) is 9.11. The minimum Gasteiger partial charge on any atom is -0.457 e. The highest BCUT2D eigenvalue weighted by molar-refractivity contribution is 14.1. The van der Waals surface area contributed by atoms with Crippen LogP contribution in [0.15, 0.2) is 39.8 Å². The van der Waals surface area contributed by atoms with Crippen LogP contribution in [-0.2, 0) is 4.74 Å². The number of benzene rings is 2. The van der Waals surface area contributed by atoms with Crippen LogP contribution in [0.3, 0.4) is 0 Å². The molecule has 0 aromatic heterocycles. The second-order valence-corrected chi connectivity index (χ2v) is 9.29. The van der Waals surface area contributed by atoms with Crippen LogP contribution in [0.25, 0.3) is 0 Å². The van der Waals surface area contributed by atoms with E-state index in [1.165, 1.54) is 0 Å². The standard InChI is InChI=1S/C21H25BrIN3O2/c1-13-8-20(27-16-5-6-18(23)17(22)9-16)14(2)7-19(13)25-12-26-21(4)11-24-10-15(3)28-21/h5-9,12,15,24H,10-11H2,1-4H3,(H,25,26). The van der Waals surface area contributed by atoms with Crippen molar-refractivity contribution in [2.45, 2.75) is 39.5 Å². The van der Waals surface area contributed by atoms with Crippen molar-refractivity contribution >= 4 is 50.5 Å². The van der Waals surface area contributed by atoms with Crippen LogP contribution in [0.5, 0.6) is 11.5 Å². The molecule has 2 N–H and O–H groups in total. The number of nitrogens with zero attached hydrogens (tertiary/aromatic N) is 1. The van der Waals surface area contributed by atoms with Crippen molar-refractivity contribution in [3.05, 3.63) is 49.5 Å². The fraction of sp³-hybridized carbons (Fsp3) is 0.381. The lowest BCUT2D eigenvalue weighted by atomic mass is 10.1. The van der Waals surface area contributed by atoms with Crippen molar-refractivity contribution in [1.82, 2.24) is 10.6 Å². The molecule has 1 saturated heterocycles. The molecule has 0 bridgehead atoms. The van der Waals surface area contributed by atoms with Gasteiger partial charge >= 0.3 is 0 Å². The Morgan fingerprint density at radius 3 is 2.82 bits per heavy atom. The Balaban J connectivity index is 1.71. The molecule has 2 aromatic rings. The van der Waals surface area contributed by atoms with Gasteiger partial charge in [0.2, 0.25) is 0 Å². The van der Waals surface area contributed by atoms with Crippen LogP contribution in [0.4, 0.5) is 5.69 Å². The molecule has 150 valence electrons. The fourth-order valence-corrected chi connectivity index (χ4v) is 3.75. The number of hydrogen-bond donors (Lipinski definition) is 2. The Kier molecular flexibility index (Phi) is 7.01. The zero-order valence-electron chi connectivity index (χ0n) is 16.5. The van der Waals surface area contributed by atoms with Crippen molar-refractivity contribution < 1.29 is 9.47 Å². The number of aliphatic imine (C=N–C) groups is 1. The first kappa shape index (κ1) is 21.5. The van der Waals surface area contributed by atoms with Gasteiger partial charge in [-0.05, 0) is 108 Å². The third-order valence-electron chi connectivity index (χ3n) is 4.54. The highest BCUT2D eigenvalue weighted by Crippen LogP contribution is 2.33. The first-order valence-corrected chi connectivity index (χ1v) is 11.1. The summed E-state index contributed by atoms with van der Waals surface area (Å²) in [5.74, 6) is 1.63. The number of rotatable bonds is 5. The van der Waals surface area contributed by atoms with Crippen molar-refractivity contribution in [1.29, 1.82) is 0 Å². The molecule has 1 aliphatic rings. The van der Waals surface area contributed by atoms with Crippen LogP contribution >= 0.6 is 38.5 Å². The van der Waals surface area contributed by atoms with Gasteiger partial charge in [-0.3, -0.25) is 0 Å². The topological polar surface area (TPSA) is 54.9 Å². The third kappa shape index (κ3) is 5.46. The summed E-state index contributed by atoms with van der Waals surface area (Å²) in [6.07, 6.45) is 1.89. The van der Waals surface area contributed by atoms with Gasteiger partial charge in [-0.25, -0.2) is 4.99 Å². The second-order valence-electron chi connectivity index (χ2n) is 7.27. The minimum absolute atomic E-state index is 0.168. The summed E-state index contributed by atoms with van der Waals surface area (Å²) in [6.45, 7) is 9.74. The molecule has 2 unspecified atom stereocenters. The lowest BCUT2D eigenvalue weighted by Crippen LogP contribution is -2.58. The SMILES string of the molecule is Cc1cc(Oc2ccc(I)c(Br)c2)c(C)cc1/N=C/NC1(C)CNCC(C)O1. The average Bonchev–Trinajstić information content (AvgIpc) is 2.62. The predicted octanol–water partition coefficient (Wildman–Crippen LogP) is 5.44. The summed E-state index contributed by atoms with van der Waals surface area (Å²) in [6, 6.07) is 10.0. The van der Waals surface area contributed by atoms with Gasteiger partial charge in [0.15, 0.2) is 0 Å². The lowest BCUT2D eigenvalue weighted by Gasteiger charge is -2.37. The average molecular weight is 558 g/mol. The summed E-state index contributed by atoms with van der Waals surface area (Å²) >= 11 is 5.83. The van der Waals surface area contributed by atoms with Crippen LogP contribution in [-0.4, -0.2) is 31.3 Å². The van der Waals surface area contributed by atoms with Crippen molar-refractivity contribution in [3.63, 3.8) is 0 Å². The summed E-state index contributed by atoms with van der Waals surface area (Å²) in [7, 11) is 0. The van der Waals surface area contributed by atoms with E-state index < -0.39 is 5.72 Å². The quantitative estimate of drug-likeness (QED) is 0.292. The number of ether oxygens (including phenoxy) is 2. The lowest BCUT2D eigenvalue weighted by molar-refractivity contribution is -0.105. The summed E-state index contributed by atoms with van der Waals surface area (Å²) in [5.41, 5.74) is 2.53. The molecule has 7 heteroatoms. The molecule has 2 atom stereocenters. The van der Waals surface area contributed by atoms with Gasteiger partial charge in [0, 0.05) is 21.1 Å². The highest BCUT2D eigenvalue weighted by atomic mass is 127. The molecule has 1 heterocycles. The molecule has 0 aliphatic carbocycles. The molecule has 0 amide bonds. The molecule has 0 radical (unpaired) electrons. The fourth-order valence-electron chi connectivity index (χ4n) is 3.06. The van der Waals surface area contributed by atoms with E-state index in [9.17, 15) is 0 Å². The van der Waals surface area contributed by atoms with E-state index in [2.05, 4.69) is 61.1 Å². The summed E-state index contributed by atoms with van der Waals surface area (Å²) in [5, 5.41) is 6.64. The van der Waals surface area contributed by atoms with E-state index >= 15 is 0 Å². The molecule has 0 saturated carbocycles. The Morgan fingerprint density at radius 1 is 1.32 bits per heavy atom. The molecule has 5 nitrogen and oxygen atoms in total. The van der Waals surface area contributed by atoms with E-state index in [4.69, 9.17) is 9.47 Å². The molecular formula is C21H25BrIN3O2. The molecule has 1 fully saturated rings. The van der Waals surface area contributed by atoms with Gasteiger partial charge in [0.05, 0.1) is 18.1 Å².